The van der Waals surface area contributed by atoms with Crippen LogP contribution in [0.3, 0.4) is 0 Å². The lowest BCUT2D eigenvalue weighted by Crippen LogP contribution is -2.26. The van der Waals surface area contributed by atoms with Gasteiger partial charge < -0.3 is 4.90 Å². The van der Waals surface area contributed by atoms with Crippen molar-refractivity contribution in [2.24, 2.45) is 0 Å². The van der Waals surface area contributed by atoms with E-state index in [9.17, 15) is 4.79 Å². The fourth-order valence-corrected chi connectivity index (χ4v) is 2.12. The van der Waals surface area contributed by atoms with Gasteiger partial charge in [0.15, 0.2) is 0 Å². The SMILES string of the molecule is CN(Cc1cccnc1)C(=O)c1cccc(-n2cnnn2)c1. The third-order valence-electron chi connectivity index (χ3n) is 3.20. The van der Waals surface area contributed by atoms with Gasteiger partial charge in [0, 0.05) is 31.5 Å². The number of hydrogen-bond donors (Lipinski definition) is 0. The van der Waals surface area contributed by atoms with E-state index in [4.69, 9.17) is 0 Å². The lowest BCUT2D eigenvalue weighted by Gasteiger charge is -2.17. The van der Waals surface area contributed by atoms with Crippen molar-refractivity contribution in [2.45, 2.75) is 6.54 Å². The van der Waals surface area contributed by atoms with Gasteiger partial charge in [-0.25, -0.2) is 4.68 Å². The number of pyridine rings is 1. The Bertz CT molecular complexity index is 757. The van der Waals surface area contributed by atoms with Crippen LogP contribution >= 0.6 is 0 Å². The molecule has 7 nitrogen and oxygen atoms in total. The zero-order valence-electron chi connectivity index (χ0n) is 12.0. The third-order valence-corrected chi connectivity index (χ3v) is 3.20. The first kappa shape index (κ1) is 13.9. The lowest BCUT2D eigenvalue weighted by molar-refractivity contribution is 0.0785. The summed E-state index contributed by atoms with van der Waals surface area (Å²) in [6, 6.07) is 11.0. The topological polar surface area (TPSA) is 76.8 Å². The Kier molecular flexibility index (Phi) is 3.86. The number of hydrogen-bond acceptors (Lipinski definition) is 5. The second kappa shape index (κ2) is 6.13. The highest BCUT2D eigenvalue weighted by molar-refractivity contribution is 5.94. The summed E-state index contributed by atoms with van der Waals surface area (Å²) in [6.45, 7) is 0.502. The minimum Gasteiger partial charge on any atom is -0.337 e. The number of carbonyl (C=O) groups excluding carboxylic acids is 1. The Morgan fingerprint density at radius 3 is 2.91 bits per heavy atom. The lowest BCUT2D eigenvalue weighted by atomic mass is 10.1. The summed E-state index contributed by atoms with van der Waals surface area (Å²) in [5.74, 6) is -0.0706. The molecule has 2 heterocycles. The summed E-state index contributed by atoms with van der Waals surface area (Å²) in [5, 5.41) is 11.0. The standard InChI is InChI=1S/C15H14N6O/c1-20(10-12-4-3-7-16-9-12)15(22)13-5-2-6-14(8-13)21-11-17-18-19-21/h2-9,11H,10H2,1H3. The summed E-state index contributed by atoms with van der Waals surface area (Å²) in [4.78, 5) is 18.2. The number of amides is 1. The smallest absolute Gasteiger partial charge is 0.253 e. The van der Waals surface area contributed by atoms with Crippen LogP contribution in [0.4, 0.5) is 0 Å². The van der Waals surface area contributed by atoms with Gasteiger partial charge in [-0.3, -0.25) is 9.78 Å². The molecule has 0 spiro atoms. The van der Waals surface area contributed by atoms with E-state index in [1.165, 1.54) is 11.0 Å². The molecule has 3 aromatic rings. The van der Waals surface area contributed by atoms with E-state index in [0.717, 1.165) is 11.3 Å². The third kappa shape index (κ3) is 2.98. The summed E-state index contributed by atoms with van der Waals surface area (Å²) in [7, 11) is 1.76. The van der Waals surface area contributed by atoms with Crippen molar-refractivity contribution in [3.8, 4) is 5.69 Å². The van der Waals surface area contributed by atoms with Gasteiger partial charge in [0.05, 0.1) is 5.69 Å². The van der Waals surface area contributed by atoms with E-state index in [1.54, 1.807) is 36.5 Å². The van der Waals surface area contributed by atoms with Gasteiger partial charge in [-0.15, -0.1) is 5.10 Å². The van der Waals surface area contributed by atoms with Crippen molar-refractivity contribution in [3.05, 3.63) is 66.2 Å². The zero-order valence-corrected chi connectivity index (χ0v) is 12.0. The highest BCUT2D eigenvalue weighted by atomic mass is 16.2. The number of rotatable bonds is 4. The number of tetrazole rings is 1. The van der Waals surface area contributed by atoms with Gasteiger partial charge >= 0.3 is 0 Å². The molecule has 2 aromatic heterocycles. The van der Waals surface area contributed by atoms with Gasteiger partial charge in [0.1, 0.15) is 6.33 Å². The quantitative estimate of drug-likeness (QED) is 0.725. The second-order valence-electron chi connectivity index (χ2n) is 4.83. The summed E-state index contributed by atoms with van der Waals surface area (Å²) in [6.07, 6.45) is 4.95. The molecule has 1 aromatic carbocycles. The van der Waals surface area contributed by atoms with Crippen LogP contribution in [-0.4, -0.2) is 43.0 Å². The van der Waals surface area contributed by atoms with Gasteiger partial charge in [-0.1, -0.05) is 12.1 Å². The van der Waals surface area contributed by atoms with Crippen LogP contribution < -0.4 is 0 Å². The molecule has 0 bridgehead atoms. The fourth-order valence-electron chi connectivity index (χ4n) is 2.12. The number of aromatic nitrogens is 5. The molecule has 0 unspecified atom stereocenters. The maximum absolute atomic E-state index is 12.5. The Balaban J connectivity index is 1.78. The van der Waals surface area contributed by atoms with E-state index in [1.807, 2.05) is 24.3 Å². The van der Waals surface area contributed by atoms with Crippen molar-refractivity contribution in [2.75, 3.05) is 7.05 Å². The summed E-state index contributed by atoms with van der Waals surface area (Å²) in [5.41, 5.74) is 2.31. The molecule has 22 heavy (non-hydrogen) atoms. The van der Waals surface area contributed by atoms with Crippen molar-refractivity contribution in [1.82, 2.24) is 30.1 Å². The molecule has 110 valence electrons. The Morgan fingerprint density at radius 2 is 2.18 bits per heavy atom. The maximum Gasteiger partial charge on any atom is 0.253 e. The molecular formula is C15H14N6O. The van der Waals surface area contributed by atoms with Gasteiger partial charge in [0.25, 0.3) is 5.91 Å². The molecular weight excluding hydrogens is 280 g/mol. The molecule has 0 aliphatic carbocycles. The van der Waals surface area contributed by atoms with E-state index in [-0.39, 0.29) is 5.91 Å². The van der Waals surface area contributed by atoms with Gasteiger partial charge in [-0.2, -0.15) is 0 Å². The van der Waals surface area contributed by atoms with E-state index >= 15 is 0 Å². The molecule has 7 heteroatoms. The molecule has 1 amide bonds. The molecule has 0 atom stereocenters. The average Bonchev–Trinajstić information content (AvgIpc) is 3.10. The van der Waals surface area contributed by atoms with E-state index in [0.29, 0.717) is 12.1 Å². The second-order valence-corrected chi connectivity index (χ2v) is 4.83. The number of benzene rings is 1. The van der Waals surface area contributed by atoms with Crippen molar-refractivity contribution < 1.29 is 4.79 Å². The minimum atomic E-state index is -0.0706. The molecule has 0 aliphatic rings. The first-order valence-corrected chi connectivity index (χ1v) is 6.72. The average molecular weight is 294 g/mol. The minimum absolute atomic E-state index is 0.0706. The van der Waals surface area contributed by atoms with Crippen LogP contribution in [0.15, 0.2) is 55.1 Å². The van der Waals surface area contributed by atoms with Crippen LogP contribution in [0, 0.1) is 0 Å². The highest BCUT2D eigenvalue weighted by Gasteiger charge is 2.13. The summed E-state index contributed by atoms with van der Waals surface area (Å²) < 4.78 is 1.51. The molecule has 0 saturated carbocycles. The van der Waals surface area contributed by atoms with E-state index < -0.39 is 0 Å². The molecule has 3 rings (SSSR count). The van der Waals surface area contributed by atoms with Crippen molar-refractivity contribution in [1.29, 1.82) is 0 Å². The molecule has 0 N–H and O–H groups in total. The monoisotopic (exact) mass is 294 g/mol. The van der Waals surface area contributed by atoms with Gasteiger partial charge in [0.2, 0.25) is 0 Å². The van der Waals surface area contributed by atoms with Crippen LogP contribution in [0.5, 0.6) is 0 Å². The number of carbonyl (C=O) groups is 1. The Hall–Kier alpha value is -3.09. The normalized spacial score (nSPS) is 10.4. The molecule has 0 saturated heterocycles. The molecule has 0 fully saturated rings. The van der Waals surface area contributed by atoms with Crippen LogP contribution in [0.25, 0.3) is 5.69 Å². The van der Waals surface area contributed by atoms with E-state index in [2.05, 4.69) is 20.5 Å². The number of nitrogens with zero attached hydrogens (tertiary/aromatic N) is 6. The fraction of sp³-hybridized carbons (Fsp3) is 0.133. The predicted octanol–water partition coefficient (Wildman–Crippen LogP) is 1.33. The molecule has 0 radical (unpaired) electrons. The largest absolute Gasteiger partial charge is 0.337 e. The maximum atomic E-state index is 12.5. The first-order valence-electron chi connectivity index (χ1n) is 6.72. The van der Waals surface area contributed by atoms with Gasteiger partial charge in [-0.05, 0) is 40.3 Å². The summed E-state index contributed by atoms with van der Waals surface area (Å²) >= 11 is 0. The van der Waals surface area contributed by atoms with Crippen molar-refractivity contribution in [3.63, 3.8) is 0 Å². The molecule has 0 aliphatic heterocycles. The zero-order chi connectivity index (χ0) is 15.4. The van der Waals surface area contributed by atoms with Crippen molar-refractivity contribution >= 4 is 5.91 Å². The van der Waals surface area contributed by atoms with Crippen LogP contribution in [0.1, 0.15) is 15.9 Å². The Morgan fingerprint density at radius 1 is 1.27 bits per heavy atom. The first-order chi connectivity index (χ1) is 10.7. The highest BCUT2D eigenvalue weighted by Crippen LogP contribution is 2.12. The van der Waals surface area contributed by atoms with Crippen LogP contribution in [0.2, 0.25) is 0 Å². The predicted molar refractivity (Wildman–Crippen MR) is 79.2 cm³/mol. The Labute approximate surface area is 127 Å². The van der Waals surface area contributed by atoms with Crippen LogP contribution in [-0.2, 0) is 6.54 Å².